The molecule has 0 radical (unpaired) electrons. The van der Waals surface area contributed by atoms with Gasteiger partial charge < -0.3 is 11.7 Å². The van der Waals surface area contributed by atoms with Gasteiger partial charge in [0, 0.05) is 0 Å². The summed E-state index contributed by atoms with van der Waals surface area (Å²) in [6, 6.07) is 0. The molecule has 0 amide bonds. The molecule has 0 aliphatic heterocycles. The Morgan fingerprint density at radius 2 is 1.80 bits per heavy atom. The Bertz CT molecular complexity index is 96.3. The van der Waals surface area contributed by atoms with Gasteiger partial charge in [-0.25, -0.2) is 0 Å². The molecule has 0 rings (SSSR count). The quantitative estimate of drug-likeness (QED) is 0.522. The summed E-state index contributed by atoms with van der Waals surface area (Å²) < 4.78 is 0. The number of hydrogen-bond donors (Lipinski definition) is 0. The van der Waals surface area contributed by atoms with Gasteiger partial charge in [-0.15, -0.1) is 0 Å². The first-order valence-corrected chi connectivity index (χ1v) is 9.98. The van der Waals surface area contributed by atoms with Crippen LogP contribution in [0.2, 0.25) is 0 Å². The van der Waals surface area contributed by atoms with Crippen LogP contribution in [-0.4, -0.2) is 5.78 Å². The summed E-state index contributed by atoms with van der Waals surface area (Å²) in [4.78, 5) is 10.3. The van der Waals surface area contributed by atoms with Gasteiger partial charge in [-0.2, -0.15) is 0 Å². The van der Waals surface area contributed by atoms with Crippen LogP contribution in [0.5, 0.6) is 0 Å². The molecule has 0 aromatic heterocycles. The summed E-state index contributed by atoms with van der Waals surface area (Å²) in [5, 5.41) is 0. The zero-order chi connectivity index (χ0) is 8.78. The Morgan fingerprint density at radius 3 is 1.80 bits per heavy atom. The van der Waals surface area contributed by atoms with Crippen LogP contribution >= 0.6 is 13.6 Å². The van der Waals surface area contributed by atoms with Crippen molar-refractivity contribution in [2.75, 3.05) is 0 Å². The van der Waals surface area contributed by atoms with Crippen molar-refractivity contribution in [2.24, 2.45) is 5.41 Å². The van der Waals surface area contributed by atoms with E-state index in [1.165, 1.54) is 16.3 Å². The van der Waals surface area contributed by atoms with E-state index in [-0.39, 0.29) is 11.2 Å². The number of ketones is 1. The van der Waals surface area contributed by atoms with Crippen molar-refractivity contribution in [3.63, 3.8) is 0 Å². The molecule has 0 aromatic carbocycles. The van der Waals surface area contributed by atoms with Crippen LogP contribution in [0.4, 0.5) is 0 Å². The molecule has 0 saturated carbocycles. The van der Waals surface area contributed by atoms with Crippen molar-refractivity contribution in [2.45, 2.75) is 27.2 Å². The van der Waals surface area contributed by atoms with Gasteiger partial charge in [0.2, 0.25) is 0 Å². The summed E-state index contributed by atoms with van der Waals surface area (Å²) in [5.41, 5.74) is 0.110. The van der Waals surface area contributed by atoms with E-state index in [0.29, 0.717) is 6.42 Å². The summed E-state index contributed by atoms with van der Waals surface area (Å²) >= 11 is 4.25. The van der Waals surface area contributed by atoms with Gasteiger partial charge in [-0.1, -0.05) is 20.8 Å². The van der Waals surface area contributed by atoms with E-state index in [2.05, 4.69) is 20.5 Å². The minimum absolute atomic E-state index is 0.0255. The topological polar surface area (TPSA) is 17.1 Å². The Morgan fingerprint density at radius 1 is 1.50 bits per heavy atom. The van der Waals surface area contributed by atoms with E-state index in [9.17, 15) is 4.79 Å². The molecule has 0 aromatic rings. The van der Waals surface area contributed by atoms with Gasteiger partial charge in [0.05, 0.1) is 0 Å². The predicted molar refractivity (Wildman–Crippen MR) is 43.4 cm³/mol. The first-order valence-electron chi connectivity index (χ1n) is 3.03. The van der Waals surface area contributed by atoms with Crippen LogP contribution in [0, 0.1) is 12.3 Å². The molecule has 0 spiro atoms. The fourth-order valence-electron chi connectivity index (χ4n) is 0.592. The third-order valence-corrected chi connectivity index (χ3v) is 0.727. The zero-order valence-corrected chi connectivity index (χ0v) is 11.5. The molecule has 0 aliphatic carbocycles. The molecular formula is C7H13BrOZn. The molecule has 0 aliphatic rings. The Labute approximate surface area is 80.0 Å². The van der Waals surface area contributed by atoms with Crippen molar-refractivity contribution in [3.05, 3.63) is 6.92 Å². The summed E-state index contributed by atoms with van der Waals surface area (Å²) in [6.07, 6.45) is 0.576. The average molecular weight is 258 g/mol. The number of hydrogen-bond acceptors (Lipinski definition) is 1. The van der Waals surface area contributed by atoms with Crippen molar-refractivity contribution in [3.8, 4) is 0 Å². The van der Waals surface area contributed by atoms with E-state index in [4.69, 9.17) is 0 Å². The molecule has 3 heteroatoms. The summed E-state index contributed by atoms with van der Waals surface area (Å²) in [5.74, 6) is 0.0255. The van der Waals surface area contributed by atoms with Gasteiger partial charge in [-0.3, -0.25) is 0 Å². The van der Waals surface area contributed by atoms with Gasteiger partial charge >= 0.3 is 30.0 Å². The van der Waals surface area contributed by atoms with Gasteiger partial charge in [0.1, 0.15) is 0 Å². The number of halogens is 1. The first-order chi connectivity index (χ1) is 4.42. The maximum atomic E-state index is 10.3. The number of rotatable bonds is 1. The Balaban J connectivity index is 0. The second-order valence-corrected chi connectivity index (χ2v) is 3.28. The van der Waals surface area contributed by atoms with Crippen LogP contribution in [0.1, 0.15) is 27.2 Å². The Hall–Kier alpha value is 0.643. The van der Waals surface area contributed by atoms with E-state index in [1.54, 1.807) is 0 Å². The molecule has 0 unspecified atom stereocenters. The van der Waals surface area contributed by atoms with Crippen molar-refractivity contribution < 1.29 is 21.1 Å². The standard InChI is InChI=1S/C7H13O.BrH.Zn/c1-6(8)5-7(2,3)4;;/h1,5H2,2-4H3;1H;/q-1;;+2/p-1. The van der Waals surface area contributed by atoms with Gasteiger partial charge in [0.25, 0.3) is 0 Å². The third-order valence-electron chi connectivity index (χ3n) is 0.727. The molecule has 0 bridgehead atoms. The van der Waals surface area contributed by atoms with E-state index in [1.807, 2.05) is 20.8 Å². The molecule has 10 heavy (non-hydrogen) atoms. The maximum absolute atomic E-state index is 10.3. The van der Waals surface area contributed by atoms with Crippen molar-refractivity contribution in [1.82, 2.24) is 0 Å². The van der Waals surface area contributed by atoms with Crippen molar-refractivity contribution >= 4 is 19.4 Å². The zero-order valence-electron chi connectivity index (χ0n) is 6.91. The van der Waals surface area contributed by atoms with Crippen LogP contribution in [0.15, 0.2) is 0 Å². The van der Waals surface area contributed by atoms with E-state index < -0.39 is 0 Å². The molecular weight excluding hydrogens is 245 g/mol. The fraction of sp³-hybridized carbons (Fsp3) is 0.714. The normalized spacial score (nSPS) is 9.80. The molecule has 56 valence electrons. The van der Waals surface area contributed by atoms with Crippen molar-refractivity contribution in [1.29, 1.82) is 0 Å². The third kappa shape index (κ3) is 15.9. The summed E-state index contributed by atoms with van der Waals surface area (Å²) in [7, 11) is 0. The van der Waals surface area contributed by atoms with Crippen LogP contribution in [-0.2, 0) is 21.1 Å². The number of Topliss-reactive ketones (excluding diaryl/α,β-unsaturated/α-hetero) is 1. The minimum atomic E-state index is 0.0255. The SMILES string of the molecule is [CH2-]C(=O)CC(C)(C)C.[Zn+][Br]. The molecule has 0 N–H and O–H groups in total. The number of carbonyl (C=O) groups excluding carboxylic acids is 1. The fourth-order valence-corrected chi connectivity index (χ4v) is 0.592. The van der Waals surface area contributed by atoms with Crippen LogP contribution in [0.3, 0.4) is 0 Å². The van der Waals surface area contributed by atoms with E-state index >= 15 is 0 Å². The van der Waals surface area contributed by atoms with Crippen LogP contribution in [0.25, 0.3) is 0 Å². The molecule has 0 heterocycles. The first kappa shape index (κ1) is 13.2. The average Bonchev–Trinajstić information content (AvgIpc) is 1.64. The second kappa shape index (κ2) is 6.36. The Kier molecular flexibility index (Phi) is 8.43. The van der Waals surface area contributed by atoms with Gasteiger partial charge in [0.15, 0.2) is 0 Å². The molecule has 0 atom stereocenters. The molecule has 0 fully saturated rings. The molecule has 0 saturated heterocycles. The number of carbonyl (C=O) groups is 1. The van der Waals surface area contributed by atoms with Crippen LogP contribution < -0.4 is 0 Å². The predicted octanol–water partition coefficient (Wildman–Crippen LogP) is 2.67. The second-order valence-electron chi connectivity index (χ2n) is 3.28. The summed E-state index contributed by atoms with van der Waals surface area (Å²) in [6.45, 7) is 9.36. The van der Waals surface area contributed by atoms with Gasteiger partial charge in [-0.05, 0) is 17.6 Å². The van der Waals surface area contributed by atoms with E-state index in [0.717, 1.165) is 0 Å². The monoisotopic (exact) mass is 256 g/mol. The molecule has 1 nitrogen and oxygen atoms in total.